The van der Waals surface area contributed by atoms with E-state index in [9.17, 15) is 4.79 Å². The number of H-pyrrole nitrogens is 2. The van der Waals surface area contributed by atoms with Gasteiger partial charge in [0.1, 0.15) is 0 Å². The van der Waals surface area contributed by atoms with Gasteiger partial charge in [-0.3, -0.25) is 0 Å². The summed E-state index contributed by atoms with van der Waals surface area (Å²) in [6, 6.07) is 6.57. The number of imidazole rings is 1. The molecule has 116 valence electrons. The Morgan fingerprint density at radius 1 is 1.05 bits per heavy atom. The van der Waals surface area contributed by atoms with Crippen LogP contribution in [0.5, 0.6) is 0 Å². The SMILES string of the molecule is CCCCCCCC(NCC)c1ccc2[nH]c(=O)[nH]c2c1. The van der Waals surface area contributed by atoms with Crippen LogP contribution in [-0.2, 0) is 0 Å². The maximum Gasteiger partial charge on any atom is 0.323 e. The van der Waals surface area contributed by atoms with Crippen molar-refractivity contribution < 1.29 is 0 Å². The van der Waals surface area contributed by atoms with Crippen molar-refractivity contribution in [3.8, 4) is 0 Å². The minimum Gasteiger partial charge on any atom is -0.310 e. The van der Waals surface area contributed by atoms with Crippen LogP contribution in [0.1, 0.15) is 64.0 Å². The number of unbranched alkanes of at least 4 members (excludes halogenated alkanes) is 4. The number of aromatic amines is 2. The van der Waals surface area contributed by atoms with E-state index in [1.165, 1.54) is 37.7 Å². The fourth-order valence-corrected chi connectivity index (χ4v) is 2.85. The first kappa shape index (κ1) is 15.8. The molecule has 4 nitrogen and oxygen atoms in total. The zero-order valence-corrected chi connectivity index (χ0v) is 13.2. The number of benzene rings is 1. The summed E-state index contributed by atoms with van der Waals surface area (Å²) in [6.45, 7) is 5.34. The number of hydrogen-bond acceptors (Lipinski definition) is 2. The first-order valence-electron chi connectivity index (χ1n) is 8.20. The first-order valence-corrected chi connectivity index (χ1v) is 8.20. The molecule has 1 heterocycles. The maximum atomic E-state index is 11.3. The molecule has 0 saturated carbocycles. The average molecular weight is 289 g/mol. The summed E-state index contributed by atoms with van der Waals surface area (Å²) in [6.07, 6.45) is 7.66. The molecule has 0 bridgehead atoms. The van der Waals surface area contributed by atoms with Crippen LogP contribution in [0.25, 0.3) is 11.0 Å². The van der Waals surface area contributed by atoms with Gasteiger partial charge in [-0.1, -0.05) is 52.0 Å². The Bertz CT molecular complexity index is 599. The quantitative estimate of drug-likeness (QED) is 0.614. The fourth-order valence-electron chi connectivity index (χ4n) is 2.85. The van der Waals surface area contributed by atoms with E-state index in [1.807, 2.05) is 6.07 Å². The Kier molecular flexibility index (Phi) is 6.05. The lowest BCUT2D eigenvalue weighted by atomic mass is 9.99. The standard InChI is InChI=1S/C17H27N3O/c1-3-5-6-7-8-9-14(18-4-2)13-10-11-15-16(12-13)20-17(21)19-15/h10-12,14,18H,3-9H2,1-2H3,(H2,19,20,21). The van der Waals surface area contributed by atoms with Gasteiger partial charge < -0.3 is 15.3 Å². The van der Waals surface area contributed by atoms with E-state index < -0.39 is 0 Å². The molecule has 1 aromatic heterocycles. The first-order chi connectivity index (χ1) is 10.2. The van der Waals surface area contributed by atoms with Crippen LogP contribution in [0.2, 0.25) is 0 Å². The molecule has 0 aliphatic heterocycles. The second-order valence-electron chi connectivity index (χ2n) is 5.70. The van der Waals surface area contributed by atoms with E-state index in [-0.39, 0.29) is 5.69 Å². The third kappa shape index (κ3) is 4.46. The molecule has 3 N–H and O–H groups in total. The number of fused-ring (bicyclic) bond motifs is 1. The summed E-state index contributed by atoms with van der Waals surface area (Å²) in [4.78, 5) is 17.0. The molecular formula is C17H27N3O. The van der Waals surface area contributed by atoms with Gasteiger partial charge in [0.25, 0.3) is 0 Å². The van der Waals surface area contributed by atoms with Gasteiger partial charge in [-0.05, 0) is 30.7 Å². The van der Waals surface area contributed by atoms with Crippen LogP contribution in [0.4, 0.5) is 0 Å². The topological polar surface area (TPSA) is 60.7 Å². The maximum absolute atomic E-state index is 11.3. The van der Waals surface area contributed by atoms with Crippen LogP contribution in [0.15, 0.2) is 23.0 Å². The van der Waals surface area contributed by atoms with Gasteiger partial charge in [-0.25, -0.2) is 4.79 Å². The lowest BCUT2D eigenvalue weighted by Gasteiger charge is -2.18. The number of hydrogen-bond donors (Lipinski definition) is 3. The highest BCUT2D eigenvalue weighted by Gasteiger charge is 2.11. The molecule has 1 atom stereocenters. The van der Waals surface area contributed by atoms with E-state index in [1.54, 1.807) is 0 Å². The van der Waals surface area contributed by atoms with Gasteiger partial charge in [-0.2, -0.15) is 0 Å². The molecule has 1 aromatic carbocycles. The zero-order valence-electron chi connectivity index (χ0n) is 13.2. The second kappa shape index (κ2) is 8.03. The number of nitrogens with one attached hydrogen (secondary N) is 3. The molecule has 0 amide bonds. The summed E-state index contributed by atoms with van der Waals surface area (Å²) in [7, 11) is 0. The molecule has 0 radical (unpaired) electrons. The Morgan fingerprint density at radius 3 is 2.57 bits per heavy atom. The van der Waals surface area contributed by atoms with Crippen molar-refractivity contribution >= 4 is 11.0 Å². The lowest BCUT2D eigenvalue weighted by molar-refractivity contribution is 0.479. The van der Waals surface area contributed by atoms with Crippen molar-refractivity contribution in [3.63, 3.8) is 0 Å². The zero-order chi connectivity index (χ0) is 15.1. The molecule has 1 unspecified atom stereocenters. The summed E-state index contributed by atoms with van der Waals surface area (Å²) < 4.78 is 0. The van der Waals surface area contributed by atoms with Crippen LogP contribution in [-0.4, -0.2) is 16.5 Å². The van der Waals surface area contributed by atoms with Crippen LogP contribution in [0.3, 0.4) is 0 Å². The highest BCUT2D eigenvalue weighted by molar-refractivity contribution is 5.75. The predicted molar refractivity (Wildman–Crippen MR) is 88.7 cm³/mol. The summed E-state index contributed by atoms with van der Waals surface area (Å²) in [5.74, 6) is 0. The summed E-state index contributed by atoms with van der Waals surface area (Å²) >= 11 is 0. The molecule has 2 rings (SSSR count). The van der Waals surface area contributed by atoms with Crippen LogP contribution >= 0.6 is 0 Å². The Morgan fingerprint density at radius 2 is 1.81 bits per heavy atom. The van der Waals surface area contributed by atoms with Crippen molar-refractivity contribution in [3.05, 3.63) is 34.2 Å². The van der Waals surface area contributed by atoms with Crippen LogP contribution < -0.4 is 11.0 Å². The van der Waals surface area contributed by atoms with E-state index in [0.29, 0.717) is 6.04 Å². The largest absolute Gasteiger partial charge is 0.323 e. The predicted octanol–water partition coefficient (Wildman–Crippen LogP) is 3.87. The Labute approximate surface area is 126 Å². The van der Waals surface area contributed by atoms with Gasteiger partial charge in [-0.15, -0.1) is 0 Å². The minimum absolute atomic E-state index is 0.137. The molecule has 0 aliphatic rings. The highest BCUT2D eigenvalue weighted by Crippen LogP contribution is 2.22. The van der Waals surface area contributed by atoms with Crippen molar-refractivity contribution in [2.75, 3.05) is 6.54 Å². The second-order valence-corrected chi connectivity index (χ2v) is 5.70. The van der Waals surface area contributed by atoms with E-state index >= 15 is 0 Å². The minimum atomic E-state index is -0.137. The van der Waals surface area contributed by atoms with Gasteiger partial charge in [0, 0.05) is 6.04 Å². The van der Waals surface area contributed by atoms with Gasteiger partial charge in [0.15, 0.2) is 0 Å². The lowest BCUT2D eigenvalue weighted by Crippen LogP contribution is -2.20. The third-order valence-electron chi connectivity index (χ3n) is 3.99. The van der Waals surface area contributed by atoms with E-state index in [0.717, 1.165) is 24.0 Å². The molecule has 4 heteroatoms. The molecule has 2 aromatic rings. The van der Waals surface area contributed by atoms with Crippen LogP contribution in [0, 0.1) is 0 Å². The van der Waals surface area contributed by atoms with Gasteiger partial charge >= 0.3 is 5.69 Å². The third-order valence-corrected chi connectivity index (χ3v) is 3.99. The van der Waals surface area contributed by atoms with E-state index in [4.69, 9.17) is 0 Å². The monoisotopic (exact) mass is 289 g/mol. The van der Waals surface area contributed by atoms with Crippen molar-refractivity contribution in [2.45, 2.75) is 58.4 Å². The van der Waals surface area contributed by atoms with E-state index in [2.05, 4.69) is 41.3 Å². The summed E-state index contributed by atoms with van der Waals surface area (Å²) in [5, 5.41) is 3.56. The number of rotatable bonds is 9. The van der Waals surface area contributed by atoms with Crippen molar-refractivity contribution in [2.24, 2.45) is 0 Å². The fraction of sp³-hybridized carbons (Fsp3) is 0.588. The van der Waals surface area contributed by atoms with Gasteiger partial charge in [0.2, 0.25) is 0 Å². The smallest absolute Gasteiger partial charge is 0.310 e. The molecule has 0 saturated heterocycles. The normalized spacial score (nSPS) is 12.9. The molecule has 0 fully saturated rings. The highest BCUT2D eigenvalue weighted by atomic mass is 16.1. The Hall–Kier alpha value is -1.55. The van der Waals surface area contributed by atoms with Crippen molar-refractivity contribution in [1.82, 2.24) is 15.3 Å². The van der Waals surface area contributed by atoms with Gasteiger partial charge in [0.05, 0.1) is 11.0 Å². The molecular weight excluding hydrogens is 262 g/mol. The molecule has 0 aliphatic carbocycles. The molecule has 0 spiro atoms. The molecule has 21 heavy (non-hydrogen) atoms. The number of aromatic nitrogens is 2. The summed E-state index contributed by atoms with van der Waals surface area (Å²) in [5.41, 5.74) is 2.89. The Balaban J connectivity index is 2.02. The van der Waals surface area contributed by atoms with Crippen molar-refractivity contribution in [1.29, 1.82) is 0 Å². The average Bonchev–Trinajstić information content (AvgIpc) is 2.85.